The van der Waals surface area contributed by atoms with Gasteiger partial charge in [0.2, 0.25) is 0 Å². The summed E-state index contributed by atoms with van der Waals surface area (Å²) in [7, 11) is 1.76. The van der Waals surface area contributed by atoms with E-state index in [-0.39, 0.29) is 5.91 Å². The van der Waals surface area contributed by atoms with Crippen molar-refractivity contribution in [3.63, 3.8) is 0 Å². The summed E-state index contributed by atoms with van der Waals surface area (Å²) in [6.45, 7) is 0.463. The maximum Gasteiger partial charge on any atom is 0.257 e. The lowest BCUT2D eigenvalue weighted by Gasteiger charge is -2.15. The van der Waals surface area contributed by atoms with Crippen molar-refractivity contribution < 1.29 is 4.79 Å². The number of amides is 1. The molecule has 0 bridgehead atoms. The van der Waals surface area contributed by atoms with Crippen LogP contribution in [0.25, 0.3) is 9.88 Å². The van der Waals surface area contributed by atoms with Gasteiger partial charge in [0.05, 0.1) is 22.7 Å². The van der Waals surface area contributed by atoms with Crippen LogP contribution in [0.5, 0.6) is 0 Å². The lowest BCUT2D eigenvalue weighted by Crippen LogP contribution is -2.26. The zero-order valence-corrected chi connectivity index (χ0v) is 15.0. The van der Waals surface area contributed by atoms with Gasteiger partial charge in [0.25, 0.3) is 5.91 Å². The summed E-state index contributed by atoms with van der Waals surface area (Å²) >= 11 is 4.71. The molecule has 0 unspecified atom stereocenters. The first kappa shape index (κ1) is 16.1. The highest BCUT2D eigenvalue weighted by molar-refractivity contribution is 7.98. The van der Waals surface area contributed by atoms with Crippen LogP contribution in [0.4, 0.5) is 0 Å². The molecule has 5 nitrogen and oxygen atoms in total. The van der Waals surface area contributed by atoms with E-state index >= 15 is 0 Å². The van der Waals surface area contributed by atoms with E-state index in [1.165, 1.54) is 11.8 Å². The number of hydrogen-bond acceptors (Lipinski definition) is 7. The van der Waals surface area contributed by atoms with E-state index in [2.05, 4.69) is 15.0 Å². The summed E-state index contributed by atoms with van der Waals surface area (Å²) in [5, 5.41) is 5.67. The van der Waals surface area contributed by atoms with Gasteiger partial charge in [0.1, 0.15) is 5.01 Å². The van der Waals surface area contributed by atoms with Crippen LogP contribution in [0.3, 0.4) is 0 Å². The fourth-order valence-electron chi connectivity index (χ4n) is 1.96. The molecule has 1 amide bonds. The van der Waals surface area contributed by atoms with Crippen molar-refractivity contribution in [3.8, 4) is 9.88 Å². The van der Waals surface area contributed by atoms with Gasteiger partial charge in [-0.25, -0.2) is 15.0 Å². The molecule has 23 heavy (non-hydrogen) atoms. The summed E-state index contributed by atoms with van der Waals surface area (Å²) in [5.41, 5.74) is 1.37. The molecule has 0 aliphatic heterocycles. The van der Waals surface area contributed by atoms with Gasteiger partial charge in [-0.15, -0.1) is 22.7 Å². The molecule has 0 radical (unpaired) electrons. The topological polar surface area (TPSA) is 59.0 Å². The third kappa shape index (κ3) is 3.77. The second-order valence-corrected chi connectivity index (χ2v) is 7.32. The zero-order valence-electron chi connectivity index (χ0n) is 12.6. The van der Waals surface area contributed by atoms with E-state index in [0.29, 0.717) is 17.3 Å². The number of thiophene rings is 1. The normalized spacial score (nSPS) is 10.7. The van der Waals surface area contributed by atoms with Crippen LogP contribution in [0, 0.1) is 0 Å². The summed E-state index contributed by atoms with van der Waals surface area (Å²) in [6, 6.07) is 4.06. The highest BCUT2D eigenvalue weighted by Gasteiger charge is 2.15. The highest BCUT2D eigenvalue weighted by atomic mass is 32.2. The fourth-order valence-corrected chi connectivity index (χ4v) is 3.90. The molecule has 0 fully saturated rings. The van der Waals surface area contributed by atoms with E-state index in [0.717, 1.165) is 15.6 Å². The summed E-state index contributed by atoms with van der Waals surface area (Å²) in [6.07, 6.45) is 5.03. The molecule has 0 spiro atoms. The predicted octanol–water partition coefficient (Wildman–Crippen LogP) is 3.66. The summed E-state index contributed by atoms with van der Waals surface area (Å²) < 4.78 is 0. The number of hydrogen-bond donors (Lipinski definition) is 0. The molecule has 0 aromatic carbocycles. The zero-order chi connectivity index (χ0) is 16.2. The number of thioether (sulfide) groups is 1. The van der Waals surface area contributed by atoms with Crippen molar-refractivity contribution in [2.45, 2.75) is 11.7 Å². The quantitative estimate of drug-likeness (QED) is 0.512. The third-order valence-corrected chi connectivity index (χ3v) is 5.59. The lowest BCUT2D eigenvalue weighted by molar-refractivity contribution is 0.0782. The minimum atomic E-state index is -0.108. The molecule has 8 heteroatoms. The van der Waals surface area contributed by atoms with Crippen LogP contribution in [-0.4, -0.2) is 39.1 Å². The molecule has 118 valence electrons. The Hall–Kier alpha value is -1.77. The Morgan fingerprint density at radius 3 is 2.74 bits per heavy atom. The van der Waals surface area contributed by atoms with Crippen molar-refractivity contribution in [1.82, 2.24) is 19.9 Å². The van der Waals surface area contributed by atoms with E-state index in [4.69, 9.17) is 0 Å². The van der Waals surface area contributed by atoms with Gasteiger partial charge in [-0.1, -0.05) is 17.8 Å². The number of rotatable bonds is 5. The van der Waals surface area contributed by atoms with Crippen LogP contribution >= 0.6 is 34.4 Å². The van der Waals surface area contributed by atoms with Crippen molar-refractivity contribution >= 4 is 40.3 Å². The van der Waals surface area contributed by atoms with E-state index in [1.54, 1.807) is 47.0 Å². The molecule has 0 saturated heterocycles. The second kappa shape index (κ2) is 7.20. The second-order valence-electron chi connectivity index (χ2n) is 4.74. The Morgan fingerprint density at radius 1 is 1.30 bits per heavy atom. The van der Waals surface area contributed by atoms with Gasteiger partial charge >= 0.3 is 0 Å². The number of nitrogens with zero attached hydrogens (tertiary/aromatic N) is 4. The molecule has 3 heterocycles. The lowest BCUT2D eigenvalue weighted by atomic mass is 10.3. The van der Waals surface area contributed by atoms with Crippen LogP contribution in [0.2, 0.25) is 0 Å². The molecule has 0 atom stereocenters. The first-order chi connectivity index (χ1) is 11.2. The van der Waals surface area contributed by atoms with Crippen LogP contribution in [-0.2, 0) is 6.54 Å². The molecule has 0 aliphatic rings. The van der Waals surface area contributed by atoms with Gasteiger partial charge in [0.15, 0.2) is 5.16 Å². The molecule has 3 aromatic heterocycles. The van der Waals surface area contributed by atoms with Crippen molar-refractivity contribution in [2.24, 2.45) is 0 Å². The van der Waals surface area contributed by atoms with Gasteiger partial charge < -0.3 is 4.90 Å². The molecule has 3 aromatic rings. The fraction of sp³-hybridized carbons (Fsp3) is 0.200. The first-order valence-electron chi connectivity index (χ1n) is 6.77. The van der Waals surface area contributed by atoms with Crippen LogP contribution < -0.4 is 0 Å². The van der Waals surface area contributed by atoms with Gasteiger partial charge in [-0.05, 0) is 17.7 Å². The molecular weight excluding hydrogens is 348 g/mol. The van der Waals surface area contributed by atoms with Gasteiger partial charge in [0, 0.05) is 24.8 Å². The standard InChI is InChI=1S/C15H14N4OS3/c1-19(14(20)10-6-16-15(21-2)17-7-10)8-11-9-23-13(18-11)12-4-3-5-22-12/h3-7,9H,8H2,1-2H3. The number of thiazole rings is 1. The molecule has 0 saturated carbocycles. The molecule has 0 N–H and O–H groups in total. The third-order valence-electron chi connectivity index (χ3n) is 3.09. The average Bonchev–Trinajstić information content (AvgIpc) is 3.25. The Bertz CT molecular complexity index is 783. The number of carbonyl (C=O) groups excluding carboxylic acids is 1. The Balaban J connectivity index is 1.68. The van der Waals surface area contributed by atoms with Crippen LogP contribution in [0.15, 0.2) is 40.4 Å². The van der Waals surface area contributed by atoms with Gasteiger partial charge in [-0.2, -0.15) is 0 Å². The predicted molar refractivity (Wildman–Crippen MR) is 95.0 cm³/mol. The minimum absolute atomic E-state index is 0.108. The number of aromatic nitrogens is 3. The monoisotopic (exact) mass is 362 g/mol. The first-order valence-corrected chi connectivity index (χ1v) is 9.75. The maximum absolute atomic E-state index is 12.4. The smallest absolute Gasteiger partial charge is 0.257 e. The minimum Gasteiger partial charge on any atom is -0.336 e. The SMILES string of the molecule is CSc1ncc(C(=O)N(C)Cc2csc(-c3cccs3)n2)cn1. The van der Waals surface area contributed by atoms with Crippen molar-refractivity contribution in [1.29, 1.82) is 0 Å². The average molecular weight is 363 g/mol. The molecule has 0 aliphatic carbocycles. The molecular formula is C15H14N4OS3. The van der Waals surface area contributed by atoms with E-state index < -0.39 is 0 Å². The Labute approximate surface area is 146 Å². The largest absolute Gasteiger partial charge is 0.336 e. The van der Waals surface area contributed by atoms with Crippen molar-refractivity contribution in [2.75, 3.05) is 13.3 Å². The van der Waals surface area contributed by atoms with Crippen molar-refractivity contribution in [3.05, 3.63) is 46.5 Å². The maximum atomic E-state index is 12.4. The highest BCUT2D eigenvalue weighted by Crippen LogP contribution is 2.28. The number of carbonyl (C=O) groups is 1. The Kier molecular flexibility index (Phi) is 5.04. The summed E-state index contributed by atoms with van der Waals surface area (Å²) in [5.74, 6) is -0.108. The molecule has 3 rings (SSSR count). The van der Waals surface area contributed by atoms with E-state index in [9.17, 15) is 4.79 Å². The summed E-state index contributed by atoms with van der Waals surface area (Å²) in [4.78, 5) is 28.1. The van der Waals surface area contributed by atoms with Gasteiger partial charge in [-0.3, -0.25) is 4.79 Å². The van der Waals surface area contributed by atoms with E-state index in [1.807, 2.05) is 29.1 Å². The van der Waals surface area contributed by atoms with Crippen LogP contribution in [0.1, 0.15) is 16.1 Å². The Morgan fingerprint density at radius 2 is 2.09 bits per heavy atom.